The van der Waals surface area contributed by atoms with E-state index in [0.29, 0.717) is 13.0 Å². The number of benzene rings is 1. The van der Waals surface area contributed by atoms with Gasteiger partial charge in [-0.3, -0.25) is 14.9 Å². The zero-order valence-electron chi connectivity index (χ0n) is 11.0. The molecule has 108 valence electrons. The molecule has 2 atom stereocenters. The number of nitro groups is 1. The first-order valence-electron chi connectivity index (χ1n) is 6.31. The molecule has 1 saturated heterocycles. The first-order chi connectivity index (χ1) is 9.40. The number of aliphatic hydroxyl groups excluding tert-OH is 1. The molecule has 2 unspecified atom stereocenters. The molecule has 1 amide bonds. The third-order valence-electron chi connectivity index (χ3n) is 3.60. The largest absolute Gasteiger partial charge is 0.391 e. The number of aliphatic hydroxyl groups is 1. The number of amides is 1. The van der Waals surface area contributed by atoms with Gasteiger partial charge in [-0.15, -0.1) is 0 Å². The molecule has 0 spiro atoms. The van der Waals surface area contributed by atoms with E-state index in [-0.39, 0.29) is 18.0 Å². The van der Waals surface area contributed by atoms with Crippen molar-refractivity contribution in [3.05, 3.63) is 39.7 Å². The molecule has 1 fully saturated rings. The maximum atomic E-state index is 13.5. The Labute approximate surface area is 115 Å². The van der Waals surface area contributed by atoms with Crippen molar-refractivity contribution < 1.29 is 19.2 Å². The van der Waals surface area contributed by atoms with Crippen LogP contribution in [0, 0.1) is 21.8 Å². The van der Waals surface area contributed by atoms with Gasteiger partial charge < -0.3 is 10.0 Å². The second kappa shape index (κ2) is 5.54. The Morgan fingerprint density at radius 2 is 2.25 bits per heavy atom. The monoisotopic (exact) mass is 282 g/mol. The first-order valence-corrected chi connectivity index (χ1v) is 6.31. The molecule has 2 rings (SSSR count). The van der Waals surface area contributed by atoms with Crippen LogP contribution in [0.3, 0.4) is 0 Å². The third kappa shape index (κ3) is 2.77. The fraction of sp³-hybridized carbons (Fsp3) is 0.462. The molecule has 0 aliphatic carbocycles. The van der Waals surface area contributed by atoms with E-state index in [1.807, 2.05) is 6.92 Å². The minimum atomic E-state index is -1.04. The maximum absolute atomic E-state index is 13.5. The lowest BCUT2D eigenvalue weighted by Crippen LogP contribution is -2.45. The van der Waals surface area contributed by atoms with Crippen molar-refractivity contribution in [1.29, 1.82) is 0 Å². The quantitative estimate of drug-likeness (QED) is 0.659. The lowest BCUT2D eigenvalue weighted by molar-refractivity contribution is -0.387. The molecule has 1 aromatic rings. The molecule has 0 radical (unpaired) electrons. The van der Waals surface area contributed by atoms with Crippen molar-refractivity contribution in [2.24, 2.45) is 5.92 Å². The van der Waals surface area contributed by atoms with Crippen LogP contribution in [0.25, 0.3) is 0 Å². The summed E-state index contributed by atoms with van der Waals surface area (Å²) in [5, 5.41) is 20.3. The Bertz CT molecular complexity index is 549. The van der Waals surface area contributed by atoms with E-state index in [4.69, 9.17) is 0 Å². The minimum Gasteiger partial charge on any atom is -0.391 e. The Kier molecular flexibility index (Phi) is 3.99. The third-order valence-corrected chi connectivity index (χ3v) is 3.60. The van der Waals surface area contributed by atoms with Crippen molar-refractivity contribution in [1.82, 2.24) is 4.90 Å². The molecule has 20 heavy (non-hydrogen) atoms. The molecule has 0 bridgehead atoms. The zero-order valence-corrected chi connectivity index (χ0v) is 11.0. The smallest absolute Gasteiger partial charge is 0.304 e. The summed E-state index contributed by atoms with van der Waals surface area (Å²) in [6.45, 7) is 2.58. The van der Waals surface area contributed by atoms with Gasteiger partial charge in [-0.25, -0.2) is 0 Å². The normalized spacial score (nSPS) is 22.6. The van der Waals surface area contributed by atoms with Gasteiger partial charge in [0, 0.05) is 24.7 Å². The van der Waals surface area contributed by atoms with E-state index in [2.05, 4.69) is 0 Å². The molecule has 0 aromatic heterocycles. The van der Waals surface area contributed by atoms with E-state index in [1.165, 1.54) is 11.0 Å². The Balaban J connectivity index is 2.17. The van der Waals surface area contributed by atoms with Crippen molar-refractivity contribution >= 4 is 11.6 Å². The van der Waals surface area contributed by atoms with Crippen LogP contribution >= 0.6 is 0 Å². The van der Waals surface area contributed by atoms with E-state index >= 15 is 0 Å². The molecule has 6 nitrogen and oxygen atoms in total. The molecule has 1 heterocycles. The first kappa shape index (κ1) is 14.4. The van der Waals surface area contributed by atoms with Crippen molar-refractivity contribution in [3.8, 4) is 0 Å². The highest BCUT2D eigenvalue weighted by Gasteiger charge is 2.28. The lowest BCUT2D eigenvalue weighted by atomic mass is 9.95. The van der Waals surface area contributed by atoms with E-state index < -0.39 is 28.4 Å². The van der Waals surface area contributed by atoms with Crippen LogP contribution in [0.2, 0.25) is 0 Å². The van der Waals surface area contributed by atoms with Crippen LogP contribution < -0.4 is 0 Å². The lowest BCUT2D eigenvalue weighted by Gasteiger charge is -2.34. The number of nitrogens with zero attached hydrogens (tertiary/aromatic N) is 2. The summed E-state index contributed by atoms with van der Waals surface area (Å²) in [6, 6.07) is 3.07. The maximum Gasteiger partial charge on any atom is 0.304 e. The van der Waals surface area contributed by atoms with Gasteiger partial charge in [-0.2, -0.15) is 4.39 Å². The van der Waals surface area contributed by atoms with Crippen molar-refractivity contribution in [2.75, 3.05) is 13.1 Å². The molecule has 0 saturated carbocycles. The van der Waals surface area contributed by atoms with Gasteiger partial charge in [0.25, 0.3) is 5.91 Å². The number of nitro benzene ring substituents is 1. The summed E-state index contributed by atoms with van der Waals surface area (Å²) in [6.07, 6.45) is 0.0677. The number of hydrogen-bond donors (Lipinski definition) is 1. The van der Waals surface area contributed by atoms with Gasteiger partial charge >= 0.3 is 5.69 Å². The molecule has 1 aliphatic heterocycles. The second-order valence-electron chi connectivity index (χ2n) is 5.01. The fourth-order valence-electron chi connectivity index (χ4n) is 2.20. The Hall–Kier alpha value is -2.02. The summed E-state index contributed by atoms with van der Waals surface area (Å²) < 4.78 is 13.5. The highest BCUT2D eigenvalue weighted by atomic mass is 19.1. The topological polar surface area (TPSA) is 83.7 Å². The highest BCUT2D eigenvalue weighted by Crippen LogP contribution is 2.22. The van der Waals surface area contributed by atoms with E-state index in [9.17, 15) is 24.4 Å². The summed E-state index contributed by atoms with van der Waals surface area (Å²) >= 11 is 0. The molecule has 7 heteroatoms. The summed E-state index contributed by atoms with van der Waals surface area (Å²) in [7, 11) is 0. The predicted octanol–water partition coefficient (Wildman–Crippen LogP) is 1.58. The van der Waals surface area contributed by atoms with Crippen LogP contribution in [-0.2, 0) is 0 Å². The summed E-state index contributed by atoms with van der Waals surface area (Å²) in [5.41, 5.74) is -0.608. The van der Waals surface area contributed by atoms with E-state index in [1.54, 1.807) is 0 Å². The van der Waals surface area contributed by atoms with Crippen LogP contribution in [0.1, 0.15) is 23.7 Å². The van der Waals surface area contributed by atoms with E-state index in [0.717, 1.165) is 12.1 Å². The van der Waals surface area contributed by atoms with Crippen LogP contribution in [0.15, 0.2) is 18.2 Å². The summed E-state index contributed by atoms with van der Waals surface area (Å²) in [5.74, 6) is -1.34. The van der Waals surface area contributed by atoms with Crippen LogP contribution in [0.5, 0.6) is 0 Å². The number of halogens is 1. The van der Waals surface area contributed by atoms with Crippen LogP contribution in [0.4, 0.5) is 10.1 Å². The number of rotatable bonds is 2. The summed E-state index contributed by atoms with van der Waals surface area (Å²) in [4.78, 5) is 23.3. The standard InChI is InChI=1S/C13H15FN2O4/c1-8-4-5-15(7-12(8)17)13(18)9-2-3-11(16(19)20)10(14)6-9/h2-3,6,8,12,17H,4-5,7H2,1H3. The van der Waals surface area contributed by atoms with Crippen molar-refractivity contribution in [2.45, 2.75) is 19.4 Å². The van der Waals surface area contributed by atoms with Gasteiger partial charge in [-0.1, -0.05) is 6.92 Å². The average Bonchev–Trinajstić information content (AvgIpc) is 2.40. The number of carbonyl (C=O) groups excluding carboxylic acids is 1. The molecular weight excluding hydrogens is 267 g/mol. The number of β-amino-alcohol motifs (C(OH)–C–C–N with tert-alkyl or cyclic N) is 1. The molecular formula is C13H15FN2O4. The van der Waals surface area contributed by atoms with Gasteiger partial charge in [0.1, 0.15) is 0 Å². The number of hydrogen-bond acceptors (Lipinski definition) is 4. The zero-order chi connectivity index (χ0) is 14.9. The SMILES string of the molecule is CC1CCN(C(=O)c2ccc([N+](=O)[O-])c(F)c2)CC1O. The van der Waals surface area contributed by atoms with Gasteiger partial charge in [-0.05, 0) is 24.5 Å². The van der Waals surface area contributed by atoms with Gasteiger partial charge in [0.05, 0.1) is 11.0 Å². The van der Waals surface area contributed by atoms with Crippen LogP contribution in [-0.4, -0.2) is 40.0 Å². The highest BCUT2D eigenvalue weighted by molar-refractivity contribution is 5.94. The number of carbonyl (C=O) groups is 1. The Morgan fingerprint density at radius 3 is 2.80 bits per heavy atom. The Morgan fingerprint density at radius 1 is 1.55 bits per heavy atom. The van der Waals surface area contributed by atoms with Crippen molar-refractivity contribution in [3.63, 3.8) is 0 Å². The molecule has 1 aromatic carbocycles. The second-order valence-corrected chi connectivity index (χ2v) is 5.01. The molecule has 1 N–H and O–H groups in total. The molecule has 1 aliphatic rings. The fourth-order valence-corrected chi connectivity index (χ4v) is 2.20. The van der Waals surface area contributed by atoms with Gasteiger partial charge in [0.15, 0.2) is 0 Å². The average molecular weight is 282 g/mol. The number of piperidine rings is 1. The predicted molar refractivity (Wildman–Crippen MR) is 68.7 cm³/mol. The van der Waals surface area contributed by atoms with Gasteiger partial charge in [0.2, 0.25) is 5.82 Å². The number of likely N-dealkylation sites (tertiary alicyclic amines) is 1. The minimum absolute atomic E-state index is 0.0508.